The molecule has 2 aromatic carbocycles. The third-order valence-corrected chi connectivity index (χ3v) is 6.02. The molecule has 2 saturated heterocycles. The van der Waals surface area contributed by atoms with Crippen LogP contribution < -0.4 is 10.1 Å². The maximum absolute atomic E-state index is 11.5. The quantitative estimate of drug-likeness (QED) is 0.667. The molecule has 1 N–H and O–H groups in total. The van der Waals surface area contributed by atoms with Gasteiger partial charge in [-0.25, -0.2) is 0 Å². The third kappa shape index (κ3) is 4.70. The molecule has 1 unspecified atom stereocenters. The van der Waals surface area contributed by atoms with Crippen LogP contribution in [0.2, 0.25) is 0 Å². The topological polar surface area (TPSA) is 63.7 Å². The lowest BCUT2D eigenvalue weighted by molar-refractivity contribution is -0.119. The van der Waals surface area contributed by atoms with Gasteiger partial charge >= 0.3 is 0 Å². The summed E-state index contributed by atoms with van der Waals surface area (Å²) >= 11 is 0. The normalized spacial score (nSPS) is 19.5. The zero-order chi connectivity index (χ0) is 21.0. The highest BCUT2D eigenvalue weighted by Crippen LogP contribution is 2.32. The van der Waals surface area contributed by atoms with Gasteiger partial charge in [-0.15, -0.1) is 0 Å². The number of pyridine rings is 1. The molecule has 31 heavy (non-hydrogen) atoms. The Bertz CT molecular complexity index is 1060. The number of carbonyl (C=O) groups excluding carboxylic acids is 1. The van der Waals surface area contributed by atoms with Crippen LogP contribution in [0.15, 0.2) is 54.7 Å². The minimum atomic E-state index is 0.103. The number of hydrogen-bond donors (Lipinski definition) is 1. The molecule has 1 atom stereocenters. The molecule has 2 aliphatic heterocycles. The fraction of sp³-hybridized carbons (Fsp3) is 0.360. The number of ether oxygens (including phenoxy) is 2. The van der Waals surface area contributed by atoms with Crippen LogP contribution in [0.1, 0.15) is 12.0 Å². The van der Waals surface area contributed by atoms with Gasteiger partial charge in [0.15, 0.2) is 0 Å². The van der Waals surface area contributed by atoms with Crippen molar-refractivity contribution in [3.63, 3.8) is 0 Å². The van der Waals surface area contributed by atoms with Crippen LogP contribution in [0.3, 0.4) is 0 Å². The Labute approximate surface area is 182 Å². The summed E-state index contributed by atoms with van der Waals surface area (Å²) in [7, 11) is 0. The van der Waals surface area contributed by atoms with Crippen LogP contribution in [-0.2, 0) is 16.1 Å². The first-order chi connectivity index (χ1) is 15.2. The Kier molecular flexibility index (Phi) is 5.82. The summed E-state index contributed by atoms with van der Waals surface area (Å²) in [5, 5.41) is 3.87. The first-order valence-corrected chi connectivity index (χ1v) is 10.9. The number of fused-ring (bicyclic) bond motifs is 1. The van der Waals surface area contributed by atoms with Gasteiger partial charge in [0.25, 0.3) is 0 Å². The molecule has 6 nitrogen and oxygen atoms in total. The summed E-state index contributed by atoms with van der Waals surface area (Å²) in [5.74, 6) is 1.13. The molecule has 2 fully saturated rings. The van der Waals surface area contributed by atoms with E-state index in [4.69, 9.17) is 9.47 Å². The summed E-state index contributed by atoms with van der Waals surface area (Å²) in [6.45, 7) is 5.75. The van der Waals surface area contributed by atoms with Crippen molar-refractivity contribution in [2.75, 3.05) is 39.5 Å². The molecule has 0 spiro atoms. The van der Waals surface area contributed by atoms with E-state index in [0.29, 0.717) is 19.6 Å². The molecule has 1 aromatic heterocycles. The first-order valence-electron chi connectivity index (χ1n) is 10.9. The zero-order valence-electron chi connectivity index (χ0n) is 17.5. The lowest BCUT2D eigenvalue weighted by atomic mass is 10.0. The van der Waals surface area contributed by atoms with Crippen LogP contribution in [0.5, 0.6) is 5.75 Å². The van der Waals surface area contributed by atoms with E-state index in [0.717, 1.165) is 60.6 Å². The van der Waals surface area contributed by atoms with E-state index in [1.54, 1.807) is 6.20 Å². The van der Waals surface area contributed by atoms with E-state index < -0.39 is 0 Å². The Hall–Kier alpha value is -2.96. The number of hydrogen-bond acceptors (Lipinski definition) is 5. The van der Waals surface area contributed by atoms with Crippen molar-refractivity contribution >= 4 is 16.8 Å². The number of nitrogens with zero attached hydrogens (tertiary/aromatic N) is 2. The van der Waals surface area contributed by atoms with Crippen molar-refractivity contribution in [3.8, 4) is 16.9 Å². The predicted molar refractivity (Wildman–Crippen MR) is 120 cm³/mol. The van der Waals surface area contributed by atoms with Crippen molar-refractivity contribution in [1.82, 2.24) is 15.2 Å². The maximum atomic E-state index is 11.5. The van der Waals surface area contributed by atoms with Crippen molar-refractivity contribution in [2.45, 2.75) is 13.0 Å². The van der Waals surface area contributed by atoms with E-state index in [1.807, 2.05) is 12.1 Å². The molecule has 2 aliphatic rings. The summed E-state index contributed by atoms with van der Waals surface area (Å²) in [4.78, 5) is 18.5. The largest absolute Gasteiger partial charge is 0.492 e. The number of morpholine rings is 1. The number of nitrogens with one attached hydrogen (secondary N) is 1. The Morgan fingerprint density at radius 2 is 1.94 bits per heavy atom. The van der Waals surface area contributed by atoms with Crippen LogP contribution in [-0.4, -0.2) is 55.2 Å². The van der Waals surface area contributed by atoms with Crippen molar-refractivity contribution in [2.24, 2.45) is 5.92 Å². The Morgan fingerprint density at radius 1 is 1.10 bits per heavy atom. The molecule has 0 bridgehead atoms. The molecule has 3 aromatic rings. The molecular formula is C25H27N3O3. The molecular weight excluding hydrogens is 390 g/mol. The molecule has 0 aliphatic carbocycles. The Morgan fingerprint density at radius 3 is 2.71 bits per heavy atom. The molecule has 5 rings (SSSR count). The van der Waals surface area contributed by atoms with E-state index in [9.17, 15) is 4.79 Å². The zero-order valence-corrected chi connectivity index (χ0v) is 17.5. The number of rotatable bonds is 6. The van der Waals surface area contributed by atoms with Crippen LogP contribution in [0, 0.1) is 5.92 Å². The average molecular weight is 418 g/mol. The van der Waals surface area contributed by atoms with E-state index in [1.165, 1.54) is 5.56 Å². The first kappa shape index (κ1) is 20.0. The maximum Gasteiger partial charge on any atom is 0.220 e. The molecule has 1 amide bonds. The minimum Gasteiger partial charge on any atom is -0.492 e. The Balaban J connectivity index is 1.36. The van der Waals surface area contributed by atoms with Gasteiger partial charge in [-0.2, -0.15) is 0 Å². The number of carbonyl (C=O) groups is 1. The van der Waals surface area contributed by atoms with Crippen molar-refractivity contribution < 1.29 is 14.3 Å². The summed E-state index contributed by atoms with van der Waals surface area (Å²) in [6, 6.07) is 16.9. The lowest BCUT2D eigenvalue weighted by Crippen LogP contribution is -2.35. The summed E-state index contributed by atoms with van der Waals surface area (Å²) in [6.07, 6.45) is 2.33. The number of aromatic nitrogens is 1. The van der Waals surface area contributed by atoms with Gasteiger partial charge in [0, 0.05) is 50.1 Å². The van der Waals surface area contributed by atoms with Gasteiger partial charge in [0.05, 0.1) is 25.3 Å². The number of benzene rings is 2. The van der Waals surface area contributed by atoms with E-state index in [2.05, 4.69) is 51.6 Å². The number of amides is 1. The fourth-order valence-electron chi connectivity index (χ4n) is 4.25. The van der Waals surface area contributed by atoms with Crippen molar-refractivity contribution in [1.29, 1.82) is 0 Å². The monoisotopic (exact) mass is 417 g/mol. The standard InChI is InChI=1S/C25H27N3O3/c29-25-12-19(15-27-25)17-31-24-14-21(13-23-22(24)2-1-7-26-23)20-5-3-18(4-6-20)16-28-8-10-30-11-9-28/h1-7,13-14,19H,8-12,15-17H2,(H,27,29). The van der Waals surface area contributed by atoms with Crippen LogP contribution in [0.4, 0.5) is 0 Å². The van der Waals surface area contributed by atoms with Crippen molar-refractivity contribution in [3.05, 3.63) is 60.3 Å². The third-order valence-electron chi connectivity index (χ3n) is 6.02. The van der Waals surface area contributed by atoms with Gasteiger partial charge < -0.3 is 14.8 Å². The second kappa shape index (κ2) is 9.04. The predicted octanol–water partition coefficient (Wildman–Crippen LogP) is 3.25. The van der Waals surface area contributed by atoms with Gasteiger partial charge in [-0.05, 0) is 41.0 Å². The fourth-order valence-corrected chi connectivity index (χ4v) is 4.25. The molecule has 3 heterocycles. The molecule has 6 heteroatoms. The second-order valence-corrected chi connectivity index (χ2v) is 8.32. The van der Waals surface area contributed by atoms with Gasteiger partial charge in [-0.3, -0.25) is 14.7 Å². The minimum absolute atomic E-state index is 0.103. The van der Waals surface area contributed by atoms with Crippen LogP contribution >= 0.6 is 0 Å². The highest BCUT2D eigenvalue weighted by atomic mass is 16.5. The second-order valence-electron chi connectivity index (χ2n) is 8.32. The molecule has 0 radical (unpaired) electrons. The SMILES string of the molecule is O=C1CC(COc2cc(-c3ccc(CN4CCOCC4)cc3)cc3ncccc23)CN1. The highest BCUT2D eigenvalue weighted by molar-refractivity contribution is 5.90. The van der Waals surface area contributed by atoms with E-state index in [-0.39, 0.29) is 11.8 Å². The van der Waals surface area contributed by atoms with Gasteiger partial charge in [-0.1, -0.05) is 24.3 Å². The van der Waals surface area contributed by atoms with Gasteiger partial charge in [0.2, 0.25) is 5.91 Å². The summed E-state index contributed by atoms with van der Waals surface area (Å²) < 4.78 is 11.6. The average Bonchev–Trinajstić information content (AvgIpc) is 3.23. The van der Waals surface area contributed by atoms with Gasteiger partial charge in [0.1, 0.15) is 5.75 Å². The lowest BCUT2D eigenvalue weighted by Gasteiger charge is -2.26. The van der Waals surface area contributed by atoms with Crippen LogP contribution in [0.25, 0.3) is 22.0 Å². The smallest absolute Gasteiger partial charge is 0.220 e. The highest BCUT2D eigenvalue weighted by Gasteiger charge is 2.22. The summed E-state index contributed by atoms with van der Waals surface area (Å²) in [5.41, 5.74) is 4.44. The van der Waals surface area contributed by atoms with E-state index >= 15 is 0 Å². The molecule has 160 valence electrons. The molecule has 0 saturated carbocycles.